The van der Waals surface area contributed by atoms with Crippen molar-refractivity contribution in [2.24, 2.45) is 0 Å². The molecule has 3 heteroatoms. The third kappa shape index (κ3) is 1.86. The van der Waals surface area contributed by atoms with Crippen molar-refractivity contribution >= 4 is 5.57 Å². The van der Waals surface area contributed by atoms with Gasteiger partial charge in [0.25, 0.3) is 0 Å². The summed E-state index contributed by atoms with van der Waals surface area (Å²) in [5, 5.41) is 0. The number of nitrogens with one attached hydrogen (secondary N) is 1. The summed E-state index contributed by atoms with van der Waals surface area (Å²) in [7, 11) is 0. The molecule has 1 N–H and O–H groups in total. The summed E-state index contributed by atoms with van der Waals surface area (Å²) in [6.45, 7) is 0. The molecule has 2 rings (SSSR count). The third-order valence-electron chi connectivity index (χ3n) is 2.33. The van der Waals surface area contributed by atoms with Crippen molar-refractivity contribution in [3.8, 4) is 0 Å². The Balaban J connectivity index is 2.29. The summed E-state index contributed by atoms with van der Waals surface area (Å²) in [5.41, 5.74) is 2.09. The van der Waals surface area contributed by atoms with Crippen LogP contribution in [0.15, 0.2) is 23.3 Å². The Labute approximate surface area is 76.5 Å². The van der Waals surface area contributed by atoms with Gasteiger partial charge in [-0.2, -0.15) is 0 Å². The zero-order valence-corrected chi connectivity index (χ0v) is 7.42. The average molecular weight is 176 g/mol. The van der Waals surface area contributed by atoms with E-state index in [9.17, 15) is 4.79 Å². The minimum Gasteiger partial charge on any atom is -0.312 e. The summed E-state index contributed by atoms with van der Waals surface area (Å²) in [4.78, 5) is 17.0. The number of aromatic amines is 1. The van der Waals surface area contributed by atoms with Crippen LogP contribution in [0.25, 0.3) is 5.57 Å². The minimum atomic E-state index is -0.278. The van der Waals surface area contributed by atoms with E-state index in [2.05, 4.69) is 16.0 Å². The van der Waals surface area contributed by atoms with Crippen molar-refractivity contribution < 1.29 is 0 Å². The first-order valence-electron chi connectivity index (χ1n) is 4.60. The zero-order chi connectivity index (χ0) is 9.10. The fraction of sp³-hybridized carbons (Fsp3) is 0.400. The van der Waals surface area contributed by atoms with Crippen LogP contribution in [0.4, 0.5) is 0 Å². The Bertz CT molecular complexity index is 358. The van der Waals surface area contributed by atoms with E-state index in [4.69, 9.17) is 0 Å². The molecule has 1 aliphatic carbocycles. The van der Waals surface area contributed by atoms with Crippen LogP contribution in [0.2, 0.25) is 0 Å². The number of hydrogen-bond acceptors (Lipinski definition) is 2. The van der Waals surface area contributed by atoms with E-state index in [0.717, 1.165) is 18.4 Å². The highest BCUT2D eigenvalue weighted by Gasteiger charge is 2.05. The Morgan fingerprint density at radius 3 is 2.92 bits per heavy atom. The van der Waals surface area contributed by atoms with Gasteiger partial charge in [0.05, 0.1) is 0 Å². The molecular formula is C10H12N2O. The monoisotopic (exact) mass is 176 g/mol. The van der Waals surface area contributed by atoms with E-state index >= 15 is 0 Å². The quantitative estimate of drug-likeness (QED) is 0.708. The molecule has 0 fully saturated rings. The van der Waals surface area contributed by atoms with Gasteiger partial charge >= 0.3 is 5.69 Å². The van der Waals surface area contributed by atoms with Gasteiger partial charge in [0, 0.05) is 18.0 Å². The molecule has 1 aromatic rings. The van der Waals surface area contributed by atoms with E-state index in [0.29, 0.717) is 0 Å². The highest BCUT2D eigenvalue weighted by molar-refractivity contribution is 5.64. The second-order valence-electron chi connectivity index (χ2n) is 3.28. The van der Waals surface area contributed by atoms with Crippen LogP contribution in [0, 0.1) is 0 Å². The van der Waals surface area contributed by atoms with Crippen molar-refractivity contribution in [3.05, 3.63) is 34.5 Å². The highest BCUT2D eigenvalue weighted by atomic mass is 16.1. The molecule has 0 aromatic carbocycles. The van der Waals surface area contributed by atoms with Crippen LogP contribution in [0.1, 0.15) is 31.2 Å². The van der Waals surface area contributed by atoms with Gasteiger partial charge in [0.1, 0.15) is 0 Å². The van der Waals surface area contributed by atoms with Gasteiger partial charge in [-0.25, -0.2) is 9.78 Å². The normalized spacial score (nSPS) is 16.8. The molecule has 0 aliphatic heterocycles. The zero-order valence-electron chi connectivity index (χ0n) is 7.42. The van der Waals surface area contributed by atoms with Crippen LogP contribution in [-0.4, -0.2) is 9.97 Å². The lowest BCUT2D eigenvalue weighted by Crippen LogP contribution is -2.09. The lowest BCUT2D eigenvalue weighted by atomic mass is 9.96. The van der Waals surface area contributed by atoms with Gasteiger partial charge in [0.15, 0.2) is 0 Å². The predicted octanol–water partition coefficient (Wildman–Crippen LogP) is 1.73. The van der Waals surface area contributed by atoms with Gasteiger partial charge in [0.2, 0.25) is 0 Å². The smallest absolute Gasteiger partial charge is 0.312 e. The Kier molecular flexibility index (Phi) is 2.25. The number of nitrogens with zero attached hydrogens (tertiary/aromatic N) is 1. The number of rotatable bonds is 1. The lowest BCUT2D eigenvalue weighted by Gasteiger charge is -2.11. The van der Waals surface area contributed by atoms with Crippen molar-refractivity contribution in [2.75, 3.05) is 0 Å². The summed E-state index contributed by atoms with van der Waals surface area (Å²) in [6, 6.07) is 0. The maximum atomic E-state index is 10.7. The topological polar surface area (TPSA) is 45.8 Å². The van der Waals surface area contributed by atoms with Crippen molar-refractivity contribution in [1.29, 1.82) is 0 Å². The van der Waals surface area contributed by atoms with Crippen LogP contribution < -0.4 is 5.69 Å². The largest absolute Gasteiger partial charge is 0.344 e. The molecule has 0 saturated heterocycles. The van der Waals surface area contributed by atoms with E-state index < -0.39 is 0 Å². The van der Waals surface area contributed by atoms with Crippen LogP contribution >= 0.6 is 0 Å². The summed E-state index contributed by atoms with van der Waals surface area (Å²) in [6.07, 6.45) is 10.4. The standard InChI is InChI=1S/C10H12N2O/c13-10-11-6-9(7-12-10)8-4-2-1-3-5-8/h4,6-7H,1-3,5H2,(H,11,12,13). The first-order chi connectivity index (χ1) is 6.36. The third-order valence-corrected chi connectivity index (χ3v) is 2.33. The van der Waals surface area contributed by atoms with E-state index in [1.807, 2.05) is 0 Å². The number of hydrogen-bond donors (Lipinski definition) is 1. The minimum absolute atomic E-state index is 0.278. The van der Waals surface area contributed by atoms with Crippen molar-refractivity contribution in [2.45, 2.75) is 25.7 Å². The number of allylic oxidation sites excluding steroid dienone is 2. The van der Waals surface area contributed by atoms with Gasteiger partial charge in [-0.05, 0) is 31.3 Å². The second kappa shape index (κ2) is 3.56. The van der Waals surface area contributed by atoms with Crippen molar-refractivity contribution in [1.82, 2.24) is 9.97 Å². The van der Waals surface area contributed by atoms with Crippen LogP contribution in [0.3, 0.4) is 0 Å². The molecule has 1 aliphatic rings. The molecule has 0 amide bonds. The van der Waals surface area contributed by atoms with Crippen LogP contribution in [0.5, 0.6) is 0 Å². The molecule has 0 unspecified atom stereocenters. The first-order valence-corrected chi connectivity index (χ1v) is 4.60. The maximum Gasteiger partial charge on any atom is 0.344 e. The summed E-state index contributed by atoms with van der Waals surface area (Å²) < 4.78 is 0. The molecule has 1 aromatic heterocycles. The van der Waals surface area contributed by atoms with Gasteiger partial charge in [-0.15, -0.1) is 0 Å². The first kappa shape index (κ1) is 8.23. The van der Waals surface area contributed by atoms with E-state index in [-0.39, 0.29) is 5.69 Å². The second-order valence-corrected chi connectivity index (χ2v) is 3.28. The molecule has 0 radical (unpaired) electrons. The fourth-order valence-electron chi connectivity index (χ4n) is 1.62. The summed E-state index contributed by atoms with van der Waals surface area (Å²) >= 11 is 0. The van der Waals surface area contributed by atoms with Crippen molar-refractivity contribution in [3.63, 3.8) is 0 Å². The number of H-pyrrole nitrogens is 1. The summed E-state index contributed by atoms with van der Waals surface area (Å²) in [5.74, 6) is 0. The Hall–Kier alpha value is -1.38. The predicted molar refractivity (Wildman–Crippen MR) is 51.3 cm³/mol. The average Bonchev–Trinajstić information content (AvgIpc) is 2.20. The van der Waals surface area contributed by atoms with Crippen LogP contribution in [-0.2, 0) is 0 Å². The molecule has 1 heterocycles. The molecule has 0 atom stereocenters. The van der Waals surface area contributed by atoms with Gasteiger partial charge in [-0.3, -0.25) is 0 Å². The van der Waals surface area contributed by atoms with Gasteiger partial charge < -0.3 is 4.98 Å². The molecule has 68 valence electrons. The Morgan fingerprint density at radius 2 is 2.31 bits per heavy atom. The SMILES string of the molecule is O=c1ncc(C2=CCCCC2)c[nH]1. The highest BCUT2D eigenvalue weighted by Crippen LogP contribution is 2.24. The Morgan fingerprint density at radius 1 is 1.38 bits per heavy atom. The molecule has 0 spiro atoms. The maximum absolute atomic E-state index is 10.7. The van der Waals surface area contributed by atoms with E-state index in [1.165, 1.54) is 18.4 Å². The molecule has 3 nitrogen and oxygen atoms in total. The molecule has 0 saturated carbocycles. The van der Waals surface area contributed by atoms with Gasteiger partial charge in [-0.1, -0.05) is 6.08 Å². The lowest BCUT2D eigenvalue weighted by molar-refractivity contribution is 0.741. The van der Waals surface area contributed by atoms with E-state index in [1.54, 1.807) is 12.4 Å². The fourth-order valence-corrected chi connectivity index (χ4v) is 1.62. The molecule has 13 heavy (non-hydrogen) atoms. The number of aromatic nitrogens is 2. The molecule has 0 bridgehead atoms. The molecular weight excluding hydrogens is 164 g/mol.